The number of hydrogen-bond acceptors (Lipinski definition) is 1. The molecule has 0 radical (unpaired) electrons. The van der Waals surface area contributed by atoms with Crippen LogP contribution in [0.4, 0.5) is 8.78 Å². The van der Waals surface area contributed by atoms with Gasteiger partial charge in [-0.15, -0.1) is 0 Å². The topological polar surface area (TPSA) is 20.2 Å². The maximum Gasteiger partial charge on any atom is 0.164 e. The van der Waals surface area contributed by atoms with Crippen molar-refractivity contribution in [2.24, 2.45) is 11.8 Å². The number of hydrogen-bond donors (Lipinski definition) is 1. The number of halogens is 2. The van der Waals surface area contributed by atoms with E-state index in [4.69, 9.17) is 0 Å². The minimum atomic E-state index is -1.17. The van der Waals surface area contributed by atoms with Crippen molar-refractivity contribution in [3.8, 4) is 0 Å². The molecule has 0 aromatic heterocycles. The summed E-state index contributed by atoms with van der Waals surface area (Å²) < 4.78 is 27.1. The van der Waals surface area contributed by atoms with E-state index in [1.54, 1.807) is 0 Å². The standard InChI is InChI=1S/C15H18F2O/c16-13-5-1-4-12(14(13)17)15(18)8-2-3-11(9-15)10-6-7-10/h1,4-5,10-11,18H,2-3,6-9H2. The average Bonchev–Trinajstić information content (AvgIpc) is 3.16. The molecule has 0 bridgehead atoms. The molecule has 1 aromatic rings. The zero-order chi connectivity index (χ0) is 12.8. The molecule has 18 heavy (non-hydrogen) atoms. The van der Waals surface area contributed by atoms with Crippen molar-refractivity contribution in [2.75, 3.05) is 0 Å². The van der Waals surface area contributed by atoms with E-state index in [0.29, 0.717) is 24.7 Å². The monoisotopic (exact) mass is 252 g/mol. The first kappa shape index (κ1) is 12.1. The Morgan fingerprint density at radius 2 is 1.89 bits per heavy atom. The van der Waals surface area contributed by atoms with Crippen LogP contribution < -0.4 is 0 Å². The summed E-state index contributed by atoms with van der Waals surface area (Å²) in [5, 5.41) is 10.7. The van der Waals surface area contributed by atoms with Crippen molar-refractivity contribution in [1.82, 2.24) is 0 Å². The molecular formula is C15H18F2O. The Morgan fingerprint density at radius 1 is 1.11 bits per heavy atom. The van der Waals surface area contributed by atoms with E-state index in [1.165, 1.54) is 25.0 Å². The van der Waals surface area contributed by atoms with Crippen molar-refractivity contribution in [1.29, 1.82) is 0 Å². The fourth-order valence-corrected chi connectivity index (χ4v) is 3.37. The zero-order valence-electron chi connectivity index (χ0n) is 10.3. The first-order valence-corrected chi connectivity index (χ1v) is 6.77. The molecule has 1 aromatic carbocycles. The first-order chi connectivity index (χ1) is 8.60. The third-order valence-electron chi connectivity index (χ3n) is 4.51. The second-order valence-electron chi connectivity index (χ2n) is 5.83. The SMILES string of the molecule is OC1(c2cccc(F)c2F)CCCC(C2CC2)C1. The van der Waals surface area contributed by atoms with Gasteiger partial charge >= 0.3 is 0 Å². The lowest BCUT2D eigenvalue weighted by Crippen LogP contribution is -2.34. The van der Waals surface area contributed by atoms with Gasteiger partial charge in [0.2, 0.25) is 0 Å². The molecule has 0 heterocycles. The van der Waals surface area contributed by atoms with Crippen molar-refractivity contribution in [3.63, 3.8) is 0 Å². The smallest absolute Gasteiger partial charge is 0.164 e. The van der Waals surface area contributed by atoms with Gasteiger partial charge in [-0.25, -0.2) is 8.78 Å². The van der Waals surface area contributed by atoms with E-state index < -0.39 is 17.2 Å². The number of aliphatic hydroxyl groups is 1. The predicted octanol–water partition coefficient (Wildman–Crippen LogP) is 3.75. The van der Waals surface area contributed by atoms with Crippen LogP contribution >= 0.6 is 0 Å². The summed E-state index contributed by atoms with van der Waals surface area (Å²) >= 11 is 0. The van der Waals surface area contributed by atoms with E-state index in [9.17, 15) is 13.9 Å². The Kier molecular flexibility index (Phi) is 2.89. The second kappa shape index (κ2) is 4.30. The van der Waals surface area contributed by atoms with Crippen LogP contribution in [-0.4, -0.2) is 5.11 Å². The molecule has 2 unspecified atom stereocenters. The Balaban J connectivity index is 1.90. The average molecular weight is 252 g/mol. The molecule has 0 spiro atoms. The van der Waals surface area contributed by atoms with Crippen LogP contribution in [0.5, 0.6) is 0 Å². The summed E-state index contributed by atoms with van der Waals surface area (Å²) in [7, 11) is 0. The lowest BCUT2D eigenvalue weighted by molar-refractivity contribution is -0.0283. The van der Waals surface area contributed by atoms with Gasteiger partial charge in [-0.3, -0.25) is 0 Å². The lowest BCUT2D eigenvalue weighted by Gasteiger charge is -2.37. The molecule has 1 N–H and O–H groups in total. The van der Waals surface area contributed by atoms with Crippen LogP contribution in [0.25, 0.3) is 0 Å². The molecule has 0 saturated heterocycles. The highest BCUT2D eigenvalue weighted by Gasteiger charge is 2.43. The predicted molar refractivity (Wildman–Crippen MR) is 64.9 cm³/mol. The highest BCUT2D eigenvalue weighted by atomic mass is 19.2. The van der Waals surface area contributed by atoms with Crippen LogP contribution in [0.3, 0.4) is 0 Å². The van der Waals surface area contributed by atoms with Gasteiger partial charge in [0.1, 0.15) is 0 Å². The van der Waals surface area contributed by atoms with Gasteiger partial charge in [-0.2, -0.15) is 0 Å². The van der Waals surface area contributed by atoms with Crippen LogP contribution in [0.15, 0.2) is 18.2 Å². The van der Waals surface area contributed by atoms with Crippen molar-refractivity contribution in [3.05, 3.63) is 35.4 Å². The molecule has 1 nitrogen and oxygen atoms in total. The van der Waals surface area contributed by atoms with E-state index in [0.717, 1.165) is 18.9 Å². The number of rotatable bonds is 2. The zero-order valence-corrected chi connectivity index (χ0v) is 10.3. The van der Waals surface area contributed by atoms with E-state index in [-0.39, 0.29) is 5.56 Å². The highest BCUT2D eigenvalue weighted by molar-refractivity contribution is 5.26. The minimum Gasteiger partial charge on any atom is -0.385 e. The summed E-state index contributed by atoms with van der Waals surface area (Å²) in [6, 6.07) is 4.10. The van der Waals surface area contributed by atoms with Gasteiger partial charge in [-0.05, 0) is 56.4 Å². The van der Waals surface area contributed by atoms with Gasteiger partial charge in [0.15, 0.2) is 11.6 Å². The molecule has 3 rings (SSSR count). The molecule has 2 atom stereocenters. The summed E-state index contributed by atoms with van der Waals surface area (Å²) in [6.07, 6.45) is 5.59. The summed E-state index contributed by atoms with van der Waals surface area (Å²) in [5.41, 5.74) is -1.02. The lowest BCUT2D eigenvalue weighted by atomic mass is 9.72. The normalized spacial score (nSPS) is 32.5. The van der Waals surface area contributed by atoms with Gasteiger partial charge in [0.05, 0.1) is 5.60 Å². The quantitative estimate of drug-likeness (QED) is 0.849. The Morgan fingerprint density at radius 3 is 2.61 bits per heavy atom. The minimum absolute atomic E-state index is 0.146. The second-order valence-corrected chi connectivity index (χ2v) is 5.83. The first-order valence-electron chi connectivity index (χ1n) is 6.77. The van der Waals surface area contributed by atoms with Crippen molar-refractivity contribution < 1.29 is 13.9 Å². The van der Waals surface area contributed by atoms with E-state index in [1.807, 2.05) is 0 Å². The Hall–Kier alpha value is -0.960. The van der Waals surface area contributed by atoms with E-state index in [2.05, 4.69) is 0 Å². The molecule has 0 amide bonds. The maximum absolute atomic E-state index is 13.8. The molecular weight excluding hydrogens is 234 g/mol. The molecule has 0 aliphatic heterocycles. The third-order valence-corrected chi connectivity index (χ3v) is 4.51. The van der Waals surface area contributed by atoms with Crippen molar-refractivity contribution >= 4 is 0 Å². The van der Waals surface area contributed by atoms with Gasteiger partial charge in [-0.1, -0.05) is 12.1 Å². The Bertz CT molecular complexity index is 456. The summed E-state index contributed by atoms with van der Waals surface area (Å²) in [6.45, 7) is 0. The largest absolute Gasteiger partial charge is 0.385 e. The van der Waals surface area contributed by atoms with Gasteiger partial charge in [0, 0.05) is 5.56 Å². The summed E-state index contributed by atoms with van der Waals surface area (Å²) in [5.74, 6) is -0.564. The molecule has 98 valence electrons. The molecule has 2 aliphatic carbocycles. The number of benzene rings is 1. The Labute approximate surface area is 106 Å². The van der Waals surface area contributed by atoms with Crippen LogP contribution in [0.1, 0.15) is 44.1 Å². The fraction of sp³-hybridized carbons (Fsp3) is 0.600. The summed E-state index contributed by atoms with van der Waals surface area (Å²) in [4.78, 5) is 0. The molecule has 2 fully saturated rings. The fourth-order valence-electron chi connectivity index (χ4n) is 3.37. The molecule has 3 heteroatoms. The molecule has 2 saturated carbocycles. The van der Waals surface area contributed by atoms with Crippen molar-refractivity contribution in [2.45, 2.75) is 44.1 Å². The maximum atomic E-state index is 13.8. The third kappa shape index (κ3) is 2.05. The van der Waals surface area contributed by atoms with E-state index >= 15 is 0 Å². The van der Waals surface area contributed by atoms with Gasteiger partial charge < -0.3 is 5.11 Å². The van der Waals surface area contributed by atoms with Gasteiger partial charge in [0.25, 0.3) is 0 Å². The van der Waals surface area contributed by atoms with Crippen LogP contribution in [0, 0.1) is 23.5 Å². The van der Waals surface area contributed by atoms with Crippen LogP contribution in [-0.2, 0) is 5.60 Å². The highest BCUT2D eigenvalue weighted by Crippen LogP contribution is 2.49. The van der Waals surface area contributed by atoms with Crippen LogP contribution in [0.2, 0.25) is 0 Å². The molecule has 2 aliphatic rings.